The Labute approximate surface area is 224 Å². The van der Waals surface area contributed by atoms with E-state index in [0.717, 1.165) is 48.6 Å². The predicted molar refractivity (Wildman–Crippen MR) is 152 cm³/mol. The molecule has 1 fully saturated rings. The molecule has 1 aliphatic heterocycles. The number of piperazine rings is 1. The summed E-state index contributed by atoms with van der Waals surface area (Å²) < 4.78 is 35.6. The van der Waals surface area contributed by atoms with Crippen LogP contribution in [-0.4, -0.2) is 64.2 Å². The van der Waals surface area contributed by atoms with Crippen molar-refractivity contribution in [3.05, 3.63) is 90.8 Å². The summed E-state index contributed by atoms with van der Waals surface area (Å²) in [5.41, 5.74) is 8.76. The summed E-state index contributed by atoms with van der Waals surface area (Å²) in [6.07, 6.45) is 3.86. The first-order chi connectivity index (χ1) is 18.4. The standard InChI is InChI=1S/C29H33N5O3S/c1-37-27-11-9-26(10-12-27)34-17-15-33(16-18-34)21-25(19-22-5-7-24(30)8-6-22)32-38(35,36)29-4-2-3-23-20-31-14-13-28(23)29/h2-14,20,25,32H,15-19,21,30H2,1H3. The lowest BCUT2D eigenvalue weighted by atomic mass is 10.1. The number of pyridine rings is 1. The molecule has 38 heavy (non-hydrogen) atoms. The fourth-order valence-corrected chi connectivity index (χ4v) is 6.44. The second kappa shape index (κ2) is 11.4. The monoisotopic (exact) mass is 531 g/mol. The van der Waals surface area contributed by atoms with Crippen LogP contribution in [0.4, 0.5) is 11.4 Å². The Hall–Kier alpha value is -3.66. The Morgan fingerprint density at radius 2 is 1.71 bits per heavy atom. The third-order valence-corrected chi connectivity index (χ3v) is 8.58. The number of nitrogens with two attached hydrogens (primary N) is 1. The fraction of sp³-hybridized carbons (Fsp3) is 0.276. The molecule has 2 heterocycles. The Bertz CT molecular complexity index is 1460. The zero-order valence-corrected chi connectivity index (χ0v) is 22.3. The van der Waals surface area contributed by atoms with Gasteiger partial charge in [0.15, 0.2) is 0 Å². The van der Waals surface area contributed by atoms with E-state index in [4.69, 9.17) is 10.5 Å². The van der Waals surface area contributed by atoms with Gasteiger partial charge in [-0.25, -0.2) is 13.1 Å². The van der Waals surface area contributed by atoms with Gasteiger partial charge >= 0.3 is 0 Å². The molecule has 0 spiro atoms. The second-order valence-corrected chi connectivity index (χ2v) is 11.3. The minimum Gasteiger partial charge on any atom is -0.497 e. The van der Waals surface area contributed by atoms with Gasteiger partial charge in [-0.2, -0.15) is 0 Å². The number of methoxy groups -OCH3 is 1. The third-order valence-electron chi connectivity index (χ3n) is 7.00. The number of aromatic nitrogens is 1. The number of sulfonamides is 1. The van der Waals surface area contributed by atoms with Crippen molar-refractivity contribution < 1.29 is 13.2 Å². The molecule has 9 heteroatoms. The van der Waals surface area contributed by atoms with Gasteiger partial charge in [0.1, 0.15) is 5.75 Å². The van der Waals surface area contributed by atoms with Crippen LogP contribution in [0.15, 0.2) is 90.1 Å². The number of hydrogen-bond acceptors (Lipinski definition) is 7. The van der Waals surface area contributed by atoms with E-state index < -0.39 is 10.0 Å². The lowest BCUT2D eigenvalue weighted by Gasteiger charge is -2.37. The normalized spacial score (nSPS) is 15.4. The van der Waals surface area contributed by atoms with Crippen LogP contribution in [0.25, 0.3) is 10.8 Å². The third kappa shape index (κ3) is 6.07. The van der Waals surface area contributed by atoms with Gasteiger partial charge in [0, 0.05) is 73.3 Å². The van der Waals surface area contributed by atoms with Crippen LogP contribution in [0.3, 0.4) is 0 Å². The number of rotatable bonds is 9. The van der Waals surface area contributed by atoms with Crippen molar-refractivity contribution in [3.63, 3.8) is 0 Å². The maximum Gasteiger partial charge on any atom is 0.241 e. The molecule has 3 aromatic carbocycles. The minimum absolute atomic E-state index is 0.268. The number of fused-ring (bicyclic) bond motifs is 1. The molecule has 0 amide bonds. The summed E-state index contributed by atoms with van der Waals surface area (Å²) in [4.78, 5) is 9.08. The largest absolute Gasteiger partial charge is 0.497 e. The van der Waals surface area contributed by atoms with Crippen LogP contribution in [0.2, 0.25) is 0 Å². The zero-order valence-electron chi connectivity index (χ0n) is 21.5. The van der Waals surface area contributed by atoms with Crippen LogP contribution in [-0.2, 0) is 16.4 Å². The molecule has 1 unspecified atom stereocenters. The van der Waals surface area contributed by atoms with Gasteiger partial charge in [-0.05, 0) is 60.5 Å². The second-order valence-electron chi connectivity index (χ2n) is 9.60. The topological polar surface area (TPSA) is 101 Å². The molecule has 0 saturated carbocycles. The summed E-state index contributed by atoms with van der Waals surface area (Å²) in [7, 11) is -2.11. The first kappa shape index (κ1) is 26.0. The molecule has 1 aliphatic rings. The molecule has 3 N–H and O–H groups in total. The van der Waals surface area contributed by atoms with Gasteiger partial charge in [-0.15, -0.1) is 0 Å². The summed E-state index contributed by atoms with van der Waals surface area (Å²) in [6.45, 7) is 4.01. The lowest BCUT2D eigenvalue weighted by molar-refractivity contribution is 0.236. The molecule has 5 rings (SSSR count). The van der Waals surface area contributed by atoms with Crippen molar-refractivity contribution in [2.24, 2.45) is 0 Å². The Kier molecular flexibility index (Phi) is 7.78. The van der Waals surface area contributed by atoms with Gasteiger partial charge in [-0.3, -0.25) is 9.88 Å². The van der Waals surface area contributed by atoms with Crippen molar-refractivity contribution >= 4 is 32.2 Å². The molecular formula is C29H33N5O3S. The lowest BCUT2D eigenvalue weighted by Crippen LogP contribution is -2.52. The fourth-order valence-electron chi connectivity index (χ4n) is 4.99. The minimum atomic E-state index is -3.78. The highest BCUT2D eigenvalue weighted by atomic mass is 32.2. The molecule has 1 atom stereocenters. The molecule has 1 saturated heterocycles. The van der Waals surface area contributed by atoms with Crippen LogP contribution in [0.1, 0.15) is 5.56 Å². The number of benzene rings is 3. The van der Waals surface area contributed by atoms with E-state index in [9.17, 15) is 8.42 Å². The number of ether oxygens (including phenoxy) is 1. The molecule has 4 aromatic rings. The predicted octanol–water partition coefficient (Wildman–Crippen LogP) is 3.54. The van der Waals surface area contributed by atoms with E-state index in [1.165, 1.54) is 0 Å². The van der Waals surface area contributed by atoms with E-state index in [1.54, 1.807) is 37.7 Å². The Morgan fingerprint density at radius 1 is 0.974 bits per heavy atom. The highest BCUT2D eigenvalue weighted by molar-refractivity contribution is 7.89. The van der Waals surface area contributed by atoms with Crippen LogP contribution in [0, 0.1) is 0 Å². The van der Waals surface area contributed by atoms with Crippen molar-refractivity contribution in [2.45, 2.75) is 17.4 Å². The van der Waals surface area contributed by atoms with Crippen molar-refractivity contribution in [3.8, 4) is 5.75 Å². The number of nitrogens with one attached hydrogen (secondary N) is 1. The van der Waals surface area contributed by atoms with Crippen molar-refractivity contribution in [2.75, 3.05) is 50.5 Å². The molecule has 1 aromatic heterocycles. The Balaban J connectivity index is 1.32. The van der Waals surface area contributed by atoms with Crippen molar-refractivity contribution in [1.29, 1.82) is 0 Å². The Morgan fingerprint density at radius 3 is 2.42 bits per heavy atom. The molecule has 0 aliphatic carbocycles. The number of nitrogens with zero attached hydrogens (tertiary/aromatic N) is 3. The van der Waals surface area contributed by atoms with E-state index in [0.29, 0.717) is 24.0 Å². The quantitative estimate of drug-likeness (QED) is 0.319. The summed E-state index contributed by atoms with van der Waals surface area (Å²) in [5.74, 6) is 0.840. The van der Waals surface area contributed by atoms with Gasteiger partial charge in [0.05, 0.1) is 12.0 Å². The van der Waals surface area contributed by atoms with Crippen LogP contribution in [0.5, 0.6) is 5.75 Å². The highest BCUT2D eigenvalue weighted by Crippen LogP contribution is 2.24. The van der Waals surface area contributed by atoms with Gasteiger partial charge < -0.3 is 15.4 Å². The van der Waals surface area contributed by atoms with Crippen molar-refractivity contribution in [1.82, 2.24) is 14.6 Å². The first-order valence-corrected chi connectivity index (χ1v) is 14.2. The molecular weight excluding hydrogens is 498 g/mol. The molecule has 8 nitrogen and oxygen atoms in total. The SMILES string of the molecule is COc1ccc(N2CCN(CC(Cc3ccc(N)cc3)NS(=O)(=O)c3cccc4cnccc34)CC2)cc1. The van der Waals surface area contributed by atoms with Crippen LogP contribution >= 0.6 is 0 Å². The summed E-state index contributed by atoms with van der Waals surface area (Å²) in [5, 5.41) is 1.45. The number of hydrogen-bond donors (Lipinski definition) is 2. The summed E-state index contributed by atoms with van der Waals surface area (Å²) >= 11 is 0. The highest BCUT2D eigenvalue weighted by Gasteiger charge is 2.26. The van der Waals surface area contributed by atoms with Gasteiger partial charge in [0.25, 0.3) is 0 Å². The average molecular weight is 532 g/mol. The van der Waals surface area contributed by atoms with E-state index in [-0.39, 0.29) is 10.9 Å². The van der Waals surface area contributed by atoms with Gasteiger partial charge in [-0.1, -0.05) is 24.3 Å². The van der Waals surface area contributed by atoms with Gasteiger partial charge in [0.2, 0.25) is 10.0 Å². The molecule has 0 radical (unpaired) electrons. The number of nitrogen functional groups attached to an aromatic ring is 1. The van der Waals surface area contributed by atoms with Crippen LogP contribution < -0.4 is 20.1 Å². The zero-order chi connectivity index (χ0) is 26.5. The molecule has 0 bridgehead atoms. The van der Waals surface area contributed by atoms with E-state index in [2.05, 4.69) is 31.6 Å². The maximum atomic E-state index is 13.6. The summed E-state index contributed by atoms with van der Waals surface area (Å²) in [6, 6.07) is 22.4. The van der Waals surface area contributed by atoms with E-state index >= 15 is 0 Å². The maximum absolute atomic E-state index is 13.6. The molecule has 198 valence electrons. The smallest absolute Gasteiger partial charge is 0.241 e. The number of anilines is 2. The van der Waals surface area contributed by atoms with E-state index in [1.807, 2.05) is 42.5 Å². The first-order valence-electron chi connectivity index (χ1n) is 12.7. The average Bonchev–Trinajstić information content (AvgIpc) is 2.94.